The van der Waals surface area contributed by atoms with Crippen LogP contribution >= 0.6 is 23.6 Å². The van der Waals surface area contributed by atoms with Crippen molar-refractivity contribution in [2.75, 3.05) is 5.32 Å². The van der Waals surface area contributed by atoms with Gasteiger partial charge in [-0.1, -0.05) is 12.1 Å². The van der Waals surface area contributed by atoms with Gasteiger partial charge >= 0.3 is 6.18 Å². The molecule has 0 fully saturated rings. The summed E-state index contributed by atoms with van der Waals surface area (Å²) in [6.07, 6.45) is -4.35. The van der Waals surface area contributed by atoms with Crippen molar-refractivity contribution in [2.24, 2.45) is 0 Å². The van der Waals surface area contributed by atoms with E-state index in [0.29, 0.717) is 0 Å². The van der Waals surface area contributed by atoms with E-state index < -0.39 is 11.7 Å². The normalized spacial score (nSPS) is 10.9. The number of amides is 1. The largest absolute Gasteiger partial charge is 0.418 e. The molecule has 0 saturated heterocycles. The van der Waals surface area contributed by atoms with Crippen LogP contribution in [0.3, 0.4) is 0 Å². The molecule has 0 saturated carbocycles. The molecule has 2 rings (SSSR count). The fourth-order valence-corrected chi connectivity index (χ4v) is 2.57. The molecule has 0 aliphatic carbocycles. The average molecular weight is 359 g/mol. The molecular formula is C14H12F3N3OS2. The highest BCUT2D eigenvalue weighted by atomic mass is 32.1. The number of thiocarbonyl (C=S) groups is 1. The molecule has 1 amide bonds. The number of hydrazine groups is 1. The number of anilines is 1. The number of rotatable bonds is 3. The maximum Gasteiger partial charge on any atom is 0.418 e. The number of hydrogen-bond acceptors (Lipinski definition) is 3. The SMILES string of the molecule is O=C(Cc1ccsc1)NNC(=S)Nc1ccccc1C(F)(F)F. The van der Waals surface area contributed by atoms with E-state index in [2.05, 4.69) is 16.2 Å². The van der Waals surface area contributed by atoms with Crippen molar-refractivity contribution >= 4 is 40.3 Å². The summed E-state index contributed by atoms with van der Waals surface area (Å²) in [5, 5.41) is 5.95. The molecule has 0 radical (unpaired) electrons. The number of nitrogens with one attached hydrogen (secondary N) is 3. The zero-order valence-electron chi connectivity index (χ0n) is 11.6. The van der Waals surface area contributed by atoms with Gasteiger partial charge in [-0.3, -0.25) is 15.6 Å². The van der Waals surface area contributed by atoms with Crippen molar-refractivity contribution in [3.05, 3.63) is 52.2 Å². The Morgan fingerprint density at radius 3 is 2.57 bits per heavy atom. The maximum absolute atomic E-state index is 12.9. The third kappa shape index (κ3) is 5.22. The molecule has 0 aliphatic rings. The van der Waals surface area contributed by atoms with Gasteiger partial charge in [0.15, 0.2) is 5.11 Å². The van der Waals surface area contributed by atoms with Crippen LogP contribution < -0.4 is 16.2 Å². The summed E-state index contributed by atoms with van der Waals surface area (Å²) < 4.78 is 38.6. The zero-order chi connectivity index (χ0) is 16.9. The van der Waals surface area contributed by atoms with E-state index >= 15 is 0 Å². The first-order chi connectivity index (χ1) is 10.9. The van der Waals surface area contributed by atoms with E-state index in [1.165, 1.54) is 29.5 Å². The molecule has 4 nitrogen and oxygen atoms in total. The molecule has 0 aliphatic heterocycles. The zero-order valence-corrected chi connectivity index (χ0v) is 13.2. The van der Waals surface area contributed by atoms with Crippen LogP contribution in [0.4, 0.5) is 18.9 Å². The Morgan fingerprint density at radius 2 is 1.91 bits per heavy atom. The molecule has 9 heteroatoms. The minimum Gasteiger partial charge on any atom is -0.331 e. The second-order valence-corrected chi connectivity index (χ2v) is 5.67. The topological polar surface area (TPSA) is 53.2 Å². The van der Waals surface area contributed by atoms with Gasteiger partial charge in [0, 0.05) is 0 Å². The predicted octanol–water partition coefficient (Wildman–Crippen LogP) is 3.33. The quantitative estimate of drug-likeness (QED) is 0.581. The molecule has 3 N–H and O–H groups in total. The van der Waals surface area contributed by atoms with Gasteiger partial charge in [-0.15, -0.1) is 0 Å². The molecule has 0 atom stereocenters. The van der Waals surface area contributed by atoms with Gasteiger partial charge in [0.25, 0.3) is 0 Å². The first-order valence-corrected chi connectivity index (χ1v) is 7.74. The first-order valence-electron chi connectivity index (χ1n) is 6.39. The van der Waals surface area contributed by atoms with Gasteiger partial charge < -0.3 is 5.32 Å². The van der Waals surface area contributed by atoms with Crippen molar-refractivity contribution in [2.45, 2.75) is 12.6 Å². The summed E-state index contributed by atoms with van der Waals surface area (Å²) in [6.45, 7) is 0. The fourth-order valence-electron chi connectivity index (χ4n) is 1.74. The number of halogens is 3. The Balaban J connectivity index is 1.89. The molecule has 122 valence electrons. The standard InChI is InChI=1S/C14H12F3N3OS2/c15-14(16,17)10-3-1-2-4-11(10)18-13(22)20-19-12(21)7-9-5-6-23-8-9/h1-6,8H,7H2,(H,19,21)(H2,18,20,22). The van der Waals surface area contributed by atoms with Gasteiger partial charge in [-0.05, 0) is 46.7 Å². The molecule has 1 heterocycles. The lowest BCUT2D eigenvalue weighted by atomic mass is 10.2. The highest BCUT2D eigenvalue weighted by Gasteiger charge is 2.33. The van der Waals surface area contributed by atoms with Gasteiger partial charge in [0.1, 0.15) is 0 Å². The number of carbonyl (C=O) groups is 1. The summed E-state index contributed by atoms with van der Waals surface area (Å²) >= 11 is 6.35. The van der Waals surface area contributed by atoms with E-state index in [1.807, 2.05) is 10.8 Å². The van der Waals surface area contributed by atoms with Gasteiger partial charge in [-0.2, -0.15) is 24.5 Å². The molecule has 0 bridgehead atoms. The third-order valence-corrected chi connectivity index (χ3v) is 3.68. The lowest BCUT2D eigenvalue weighted by molar-refractivity contribution is -0.137. The predicted molar refractivity (Wildman–Crippen MR) is 87.0 cm³/mol. The molecule has 0 unspecified atom stereocenters. The Hall–Kier alpha value is -2.13. The number of hydrogen-bond donors (Lipinski definition) is 3. The number of alkyl halides is 3. The van der Waals surface area contributed by atoms with Crippen LogP contribution in [0.15, 0.2) is 41.1 Å². The van der Waals surface area contributed by atoms with E-state index in [4.69, 9.17) is 12.2 Å². The molecule has 23 heavy (non-hydrogen) atoms. The Kier molecular flexibility index (Phi) is 5.56. The lowest BCUT2D eigenvalue weighted by Gasteiger charge is -2.16. The number of carbonyl (C=O) groups excluding carboxylic acids is 1. The second kappa shape index (κ2) is 7.42. The smallest absolute Gasteiger partial charge is 0.331 e. The number of thiophene rings is 1. The van der Waals surface area contributed by atoms with Crippen molar-refractivity contribution in [3.63, 3.8) is 0 Å². The van der Waals surface area contributed by atoms with Crippen LogP contribution in [-0.2, 0) is 17.4 Å². The molecule has 2 aromatic rings. The van der Waals surface area contributed by atoms with Crippen LogP contribution in [0.2, 0.25) is 0 Å². The van der Waals surface area contributed by atoms with E-state index in [0.717, 1.165) is 11.6 Å². The highest BCUT2D eigenvalue weighted by Crippen LogP contribution is 2.34. The van der Waals surface area contributed by atoms with Crippen LogP contribution in [0.25, 0.3) is 0 Å². The Labute approximate surface area is 139 Å². The third-order valence-electron chi connectivity index (χ3n) is 2.74. The summed E-state index contributed by atoms with van der Waals surface area (Å²) in [7, 11) is 0. The molecule has 0 spiro atoms. The van der Waals surface area contributed by atoms with Gasteiger partial charge in [-0.25, -0.2) is 0 Å². The fraction of sp³-hybridized carbons (Fsp3) is 0.143. The van der Waals surface area contributed by atoms with E-state index in [-0.39, 0.29) is 23.1 Å². The van der Waals surface area contributed by atoms with E-state index in [1.54, 1.807) is 6.07 Å². The average Bonchev–Trinajstić information content (AvgIpc) is 2.97. The van der Waals surface area contributed by atoms with Crippen molar-refractivity contribution in [3.8, 4) is 0 Å². The van der Waals surface area contributed by atoms with Crippen molar-refractivity contribution < 1.29 is 18.0 Å². The first kappa shape index (κ1) is 17.2. The van der Waals surface area contributed by atoms with Crippen LogP contribution in [0, 0.1) is 0 Å². The van der Waals surface area contributed by atoms with Crippen molar-refractivity contribution in [1.29, 1.82) is 0 Å². The highest BCUT2D eigenvalue weighted by molar-refractivity contribution is 7.80. The molecule has 1 aromatic heterocycles. The maximum atomic E-state index is 12.9. The summed E-state index contributed by atoms with van der Waals surface area (Å²) in [5.74, 6) is -0.350. The Bertz CT molecular complexity index is 687. The Morgan fingerprint density at radius 1 is 1.17 bits per heavy atom. The molecular weight excluding hydrogens is 347 g/mol. The molecule has 1 aromatic carbocycles. The van der Waals surface area contributed by atoms with Crippen LogP contribution in [0.5, 0.6) is 0 Å². The summed E-state index contributed by atoms with van der Waals surface area (Å²) in [6, 6.07) is 6.74. The van der Waals surface area contributed by atoms with Crippen molar-refractivity contribution in [1.82, 2.24) is 10.9 Å². The van der Waals surface area contributed by atoms with Gasteiger partial charge in [0.05, 0.1) is 17.7 Å². The summed E-state index contributed by atoms with van der Waals surface area (Å²) in [5.41, 5.74) is 4.52. The van der Waals surface area contributed by atoms with Crippen LogP contribution in [-0.4, -0.2) is 11.0 Å². The number of para-hydroxylation sites is 1. The second-order valence-electron chi connectivity index (χ2n) is 4.48. The monoisotopic (exact) mass is 359 g/mol. The number of benzene rings is 1. The minimum atomic E-state index is -4.50. The lowest BCUT2D eigenvalue weighted by Crippen LogP contribution is -2.44. The van der Waals surface area contributed by atoms with Gasteiger partial charge in [0.2, 0.25) is 5.91 Å². The minimum absolute atomic E-state index is 0.139. The summed E-state index contributed by atoms with van der Waals surface area (Å²) in [4.78, 5) is 11.7. The van der Waals surface area contributed by atoms with Crippen LogP contribution in [0.1, 0.15) is 11.1 Å². The van der Waals surface area contributed by atoms with E-state index in [9.17, 15) is 18.0 Å².